The lowest BCUT2D eigenvalue weighted by molar-refractivity contribution is 0.226. The lowest BCUT2D eigenvalue weighted by Gasteiger charge is -2.25. The molecule has 3 rings (SSSR count). The monoisotopic (exact) mass is 295 g/mol. The molecule has 2 aromatic carbocycles. The third-order valence-corrected chi connectivity index (χ3v) is 4.16. The Morgan fingerprint density at radius 1 is 0.727 bits per heavy atom. The number of benzene rings is 2. The smallest absolute Gasteiger partial charge is 0.00187 e. The van der Waals surface area contributed by atoms with Gasteiger partial charge in [-0.05, 0) is 50.0 Å². The van der Waals surface area contributed by atoms with Gasteiger partial charge < -0.3 is 4.90 Å². The number of nitrogens with zero attached hydrogens (tertiary/aromatic N) is 1. The first-order valence-electron chi connectivity index (χ1n) is 8.73. The molecule has 1 nitrogen and oxygen atoms in total. The highest BCUT2D eigenvalue weighted by Crippen LogP contribution is 2.17. The molecule has 0 saturated carbocycles. The predicted molar refractivity (Wildman–Crippen MR) is 97.1 cm³/mol. The maximum atomic E-state index is 2.60. The van der Waals surface area contributed by atoms with Crippen LogP contribution in [0.4, 0.5) is 0 Å². The van der Waals surface area contributed by atoms with Crippen molar-refractivity contribution in [1.29, 1.82) is 0 Å². The van der Waals surface area contributed by atoms with Gasteiger partial charge in [0.15, 0.2) is 0 Å². The molecule has 0 spiro atoms. The molecule has 1 aliphatic rings. The molecule has 0 atom stereocenters. The average Bonchev–Trinajstić information content (AvgIpc) is 2.63. The predicted octanol–water partition coefficient (Wildman–Crippen LogP) is 5.63. The first-order valence-corrected chi connectivity index (χ1v) is 8.73. The van der Waals surface area contributed by atoms with Crippen LogP contribution in [-0.4, -0.2) is 24.5 Å². The summed E-state index contributed by atoms with van der Waals surface area (Å²) >= 11 is 0. The molecule has 2 aromatic rings. The van der Waals surface area contributed by atoms with E-state index in [4.69, 9.17) is 0 Å². The summed E-state index contributed by atoms with van der Waals surface area (Å²) in [5.41, 5.74) is 2.55. The van der Waals surface area contributed by atoms with Gasteiger partial charge in [-0.2, -0.15) is 0 Å². The van der Waals surface area contributed by atoms with Crippen LogP contribution >= 0.6 is 0 Å². The summed E-state index contributed by atoms with van der Waals surface area (Å²) in [4.78, 5) is 2.60. The molecule has 1 saturated heterocycles. The molecule has 1 fully saturated rings. The summed E-state index contributed by atoms with van der Waals surface area (Å²) in [6.45, 7) is 6.33. The van der Waals surface area contributed by atoms with Gasteiger partial charge in [0, 0.05) is 0 Å². The van der Waals surface area contributed by atoms with Gasteiger partial charge in [0.1, 0.15) is 0 Å². The maximum Gasteiger partial charge on any atom is -0.00187 e. The van der Waals surface area contributed by atoms with Crippen molar-refractivity contribution in [3.8, 4) is 11.1 Å². The lowest BCUT2D eigenvalue weighted by atomic mass is 10.1. The molecule has 0 aromatic heterocycles. The van der Waals surface area contributed by atoms with Crippen molar-refractivity contribution in [1.82, 2.24) is 4.90 Å². The van der Waals surface area contributed by atoms with E-state index in [-0.39, 0.29) is 0 Å². The standard InChI is InChI=1S/C12H10.C9H19N/c1-3-7-11(8-4-1)12-9-5-2-6-10-12;1-2-3-7-10-8-5-4-6-9-10/h1-10H;2-9H2,1H3. The second-order valence-corrected chi connectivity index (χ2v) is 5.99. The van der Waals surface area contributed by atoms with Crippen molar-refractivity contribution in [2.75, 3.05) is 19.6 Å². The van der Waals surface area contributed by atoms with Crippen molar-refractivity contribution < 1.29 is 0 Å². The molecule has 0 bridgehead atoms. The zero-order valence-corrected chi connectivity index (χ0v) is 13.9. The highest BCUT2D eigenvalue weighted by atomic mass is 15.1. The fraction of sp³-hybridized carbons (Fsp3) is 0.429. The summed E-state index contributed by atoms with van der Waals surface area (Å²) in [7, 11) is 0. The Kier molecular flexibility index (Phi) is 7.76. The van der Waals surface area contributed by atoms with E-state index in [9.17, 15) is 0 Å². The Bertz CT molecular complexity index is 448. The number of unbranched alkanes of at least 4 members (excludes halogenated alkanes) is 1. The van der Waals surface area contributed by atoms with Gasteiger partial charge in [-0.1, -0.05) is 80.4 Å². The van der Waals surface area contributed by atoms with Crippen LogP contribution in [-0.2, 0) is 0 Å². The Morgan fingerprint density at radius 3 is 1.68 bits per heavy atom. The van der Waals surface area contributed by atoms with E-state index in [1.807, 2.05) is 12.1 Å². The third-order valence-electron chi connectivity index (χ3n) is 4.16. The molecular weight excluding hydrogens is 266 g/mol. The Labute approximate surface area is 136 Å². The van der Waals surface area contributed by atoms with Crippen LogP contribution in [0.5, 0.6) is 0 Å². The highest BCUT2D eigenvalue weighted by Gasteiger charge is 2.07. The maximum absolute atomic E-state index is 2.60. The minimum atomic E-state index is 1.28. The summed E-state index contributed by atoms with van der Waals surface area (Å²) in [5, 5.41) is 0. The van der Waals surface area contributed by atoms with Crippen molar-refractivity contribution in [2.24, 2.45) is 0 Å². The lowest BCUT2D eigenvalue weighted by Crippen LogP contribution is -2.30. The number of piperidine rings is 1. The molecule has 0 radical (unpaired) electrons. The molecule has 0 aliphatic carbocycles. The van der Waals surface area contributed by atoms with Crippen LogP contribution < -0.4 is 0 Å². The molecular formula is C21H29N. The average molecular weight is 295 g/mol. The van der Waals surface area contributed by atoms with Crippen LogP contribution in [0.1, 0.15) is 39.0 Å². The van der Waals surface area contributed by atoms with Gasteiger partial charge in [0.05, 0.1) is 0 Å². The van der Waals surface area contributed by atoms with E-state index in [0.29, 0.717) is 0 Å². The molecule has 0 N–H and O–H groups in total. The first-order chi connectivity index (χ1) is 10.9. The topological polar surface area (TPSA) is 3.24 Å². The fourth-order valence-electron chi connectivity index (χ4n) is 2.83. The van der Waals surface area contributed by atoms with Gasteiger partial charge in [-0.25, -0.2) is 0 Å². The van der Waals surface area contributed by atoms with Crippen LogP contribution in [0.2, 0.25) is 0 Å². The highest BCUT2D eigenvalue weighted by molar-refractivity contribution is 5.62. The molecule has 1 heterocycles. The van der Waals surface area contributed by atoms with Gasteiger partial charge in [-0.15, -0.1) is 0 Å². The first kappa shape index (κ1) is 16.8. The van der Waals surface area contributed by atoms with Gasteiger partial charge in [-0.3, -0.25) is 0 Å². The van der Waals surface area contributed by atoms with E-state index in [0.717, 1.165) is 0 Å². The quantitative estimate of drug-likeness (QED) is 0.707. The number of rotatable bonds is 4. The van der Waals surface area contributed by atoms with Crippen molar-refractivity contribution in [3.05, 3.63) is 60.7 Å². The Balaban J connectivity index is 0.000000164. The third kappa shape index (κ3) is 6.03. The fourth-order valence-corrected chi connectivity index (χ4v) is 2.83. The van der Waals surface area contributed by atoms with E-state index < -0.39 is 0 Å². The SMILES string of the molecule is CCCCN1CCCCC1.c1ccc(-c2ccccc2)cc1. The Hall–Kier alpha value is -1.60. The zero-order chi connectivity index (χ0) is 15.5. The minimum Gasteiger partial charge on any atom is -0.303 e. The van der Waals surface area contributed by atoms with Crippen LogP contribution in [0, 0.1) is 0 Å². The Morgan fingerprint density at radius 2 is 1.23 bits per heavy atom. The summed E-state index contributed by atoms with van der Waals surface area (Å²) < 4.78 is 0. The largest absolute Gasteiger partial charge is 0.303 e. The van der Waals surface area contributed by atoms with E-state index >= 15 is 0 Å². The molecule has 22 heavy (non-hydrogen) atoms. The van der Waals surface area contributed by atoms with Crippen molar-refractivity contribution in [2.45, 2.75) is 39.0 Å². The van der Waals surface area contributed by atoms with Gasteiger partial charge in [0.2, 0.25) is 0 Å². The summed E-state index contributed by atoms with van der Waals surface area (Å²) in [5.74, 6) is 0. The number of hydrogen-bond acceptors (Lipinski definition) is 1. The van der Waals surface area contributed by atoms with Crippen molar-refractivity contribution >= 4 is 0 Å². The van der Waals surface area contributed by atoms with E-state index in [2.05, 4.69) is 60.4 Å². The molecule has 1 aliphatic heterocycles. The van der Waals surface area contributed by atoms with Gasteiger partial charge >= 0.3 is 0 Å². The van der Waals surface area contributed by atoms with E-state index in [1.54, 1.807) is 0 Å². The number of hydrogen-bond donors (Lipinski definition) is 0. The second-order valence-electron chi connectivity index (χ2n) is 5.99. The molecule has 1 heteroatoms. The van der Waals surface area contributed by atoms with Crippen LogP contribution in [0.25, 0.3) is 11.1 Å². The number of likely N-dealkylation sites (tertiary alicyclic amines) is 1. The summed E-state index contributed by atoms with van der Waals surface area (Å²) in [6, 6.07) is 20.8. The summed E-state index contributed by atoms with van der Waals surface area (Å²) in [6.07, 6.45) is 7.06. The molecule has 0 amide bonds. The molecule has 118 valence electrons. The normalized spacial score (nSPS) is 15.0. The van der Waals surface area contributed by atoms with Gasteiger partial charge in [0.25, 0.3) is 0 Å². The van der Waals surface area contributed by atoms with Crippen LogP contribution in [0.15, 0.2) is 60.7 Å². The van der Waals surface area contributed by atoms with Crippen molar-refractivity contribution in [3.63, 3.8) is 0 Å². The van der Waals surface area contributed by atoms with Crippen LogP contribution in [0.3, 0.4) is 0 Å². The zero-order valence-electron chi connectivity index (χ0n) is 13.9. The minimum absolute atomic E-state index is 1.28. The van der Waals surface area contributed by atoms with E-state index in [1.165, 1.54) is 62.9 Å². The molecule has 0 unspecified atom stereocenters. The second kappa shape index (κ2) is 10.2.